The molecule has 0 saturated heterocycles. The van der Waals surface area contributed by atoms with Crippen molar-refractivity contribution in [3.05, 3.63) is 66.4 Å². The zero-order valence-electron chi connectivity index (χ0n) is 14.6. The molecule has 2 heterocycles. The number of carboxylic acid groups (broad SMARTS) is 1. The summed E-state index contributed by atoms with van der Waals surface area (Å²) in [6.07, 6.45) is 0. The molecule has 0 aliphatic rings. The Morgan fingerprint density at radius 2 is 1.74 bits per heavy atom. The van der Waals surface area contributed by atoms with E-state index in [2.05, 4.69) is 15.3 Å². The van der Waals surface area contributed by atoms with Crippen LogP contribution in [0, 0.1) is 0 Å². The second kappa shape index (κ2) is 6.57. The lowest BCUT2D eigenvalue weighted by atomic mass is 10.1. The summed E-state index contributed by atoms with van der Waals surface area (Å²) in [6, 6.07) is 18.1. The number of para-hydroxylation sites is 1. The van der Waals surface area contributed by atoms with Crippen LogP contribution in [0.4, 0.5) is 0 Å². The van der Waals surface area contributed by atoms with E-state index in [1.807, 2.05) is 54.6 Å². The van der Waals surface area contributed by atoms with E-state index in [1.165, 1.54) is 6.92 Å². The van der Waals surface area contributed by atoms with E-state index < -0.39 is 17.9 Å². The van der Waals surface area contributed by atoms with Crippen molar-refractivity contribution in [2.45, 2.75) is 13.0 Å². The van der Waals surface area contributed by atoms with Crippen LogP contribution in [-0.4, -0.2) is 33.0 Å². The summed E-state index contributed by atoms with van der Waals surface area (Å²) in [5.41, 5.74) is 3.49. The summed E-state index contributed by atoms with van der Waals surface area (Å²) >= 11 is 0. The molecular formula is C21H17N3O3. The van der Waals surface area contributed by atoms with E-state index in [1.54, 1.807) is 6.07 Å². The molecule has 0 aliphatic carbocycles. The van der Waals surface area contributed by atoms with Crippen LogP contribution < -0.4 is 5.32 Å². The minimum atomic E-state index is -1.10. The molecule has 0 saturated carbocycles. The first-order valence-corrected chi connectivity index (χ1v) is 8.55. The van der Waals surface area contributed by atoms with Crippen molar-refractivity contribution in [3.63, 3.8) is 0 Å². The predicted molar refractivity (Wildman–Crippen MR) is 104 cm³/mol. The van der Waals surface area contributed by atoms with Gasteiger partial charge in [-0.3, -0.25) is 9.59 Å². The number of amides is 1. The number of carbonyl (C=O) groups is 2. The highest BCUT2D eigenvalue weighted by molar-refractivity contribution is 6.13. The molecule has 6 heteroatoms. The van der Waals surface area contributed by atoms with Gasteiger partial charge in [0.05, 0.1) is 11.2 Å². The molecule has 2 aromatic heterocycles. The summed E-state index contributed by atoms with van der Waals surface area (Å²) in [4.78, 5) is 31.6. The number of rotatable bonds is 4. The summed E-state index contributed by atoms with van der Waals surface area (Å²) in [5, 5.41) is 13.4. The summed E-state index contributed by atoms with van der Waals surface area (Å²) in [5.74, 6) is -1.62. The Balaban J connectivity index is 1.94. The third-order valence-corrected chi connectivity index (χ3v) is 4.49. The average molecular weight is 359 g/mol. The Morgan fingerprint density at radius 3 is 2.48 bits per heavy atom. The number of nitrogens with one attached hydrogen (secondary N) is 2. The lowest BCUT2D eigenvalue weighted by molar-refractivity contribution is -0.138. The van der Waals surface area contributed by atoms with Gasteiger partial charge in [-0.25, -0.2) is 4.98 Å². The van der Waals surface area contributed by atoms with Gasteiger partial charge in [-0.15, -0.1) is 0 Å². The molecule has 0 fully saturated rings. The van der Waals surface area contributed by atoms with Crippen molar-refractivity contribution in [1.29, 1.82) is 0 Å². The highest BCUT2D eigenvalue weighted by atomic mass is 16.4. The van der Waals surface area contributed by atoms with E-state index in [0.29, 0.717) is 5.69 Å². The topological polar surface area (TPSA) is 95.1 Å². The number of pyridine rings is 1. The maximum atomic E-state index is 12.6. The van der Waals surface area contributed by atoms with Gasteiger partial charge >= 0.3 is 5.97 Å². The number of nitrogens with zero attached hydrogens (tertiary/aromatic N) is 1. The number of hydrogen-bond acceptors (Lipinski definition) is 3. The molecule has 134 valence electrons. The number of fused-ring (bicyclic) bond motifs is 3. The van der Waals surface area contributed by atoms with E-state index in [0.717, 1.165) is 27.4 Å². The van der Waals surface area contributed by atoms with Gasteiger partial charge in [0.2, 0.25) is 0 Å². The van der Waals surface area contributed by atoms with Crippen molar-refractivity contribution in [3.8, 4) is 11.3 Å². The fraction of sp³-hybridized carbons (Fsp3) is 0.0952. The number of carboxylic acids is 1. The highest BCUT2D eigenvalue weighted by Crippen LogP contribution is 2.32. The molecule has 1 amide bonds. The maximum Gasteiger partial charge on any atom is 0.325 e. The lowest BCUT2D eigenvalue weighted by Gasteiger charge is -2.11. The monoisotopic (exact) mass is 359 g/mol. The predicted octanol–water partition coefficient (Wildman–Crippen LogP) is 3.59. The second-order valence-corrected chi connectivity index (χ2v) is 6.35. The van der Waals surface area contributed by atoms with Crippen LogP contribution in [0.15, 0.2) is 60.7 Å². The molecule has 3 N–H and O–H groups in total. The van der Waals surface area contributed by atoms with E-state index in [-0.39, 0.29) is 5.69 Å². The summed E-state index contributed by atoms with van der Waals surface area (Å²) in [7, 11) is 0. The Bertz CT molecular complexity index is 1170. The van der Waals surface area contributed by atoms with E-state index >= 15 is 0 Å². The molecule has 0 aliphatic heterocycles. The Hall–Kier alpha value is -3.67. The second-order valence-electron chi connectivity index (χ2n) is 6.35. The fourth-order valence-corrected chi connectivity index (χ4v) is 3.10. The Labute approximate surface area is 154 Å². The first-order valence-electron chi connectivity index (χ1n) is 8.55. The smallest absolute Gasteiger partial charge is 0.325 e. The van der Waals surface area contributed by atoms with Crippen molar-refractivity contribution >= 4 is 33.7 Å². The summed E-state index contributed by atoms with van der Waals surface area (Å²) in [6.45, 7) is 1.42. The molecule has 2 aromatic carbocycles. The molecule has 0 spiro atoms. The third-order valence-electron chi connectivity index (χ3n) is 4.49. The molecule has 0 unspecified atom stereocenters. The molecule has 0 bridgehead atoms. The summed E-state index contributed by atoms with van der Waals surface area (Å²) < 4.78 is 0. The van der Waals surface area contributed by atoms with Gasteiger partial charge in [-0.05, 0) is 19.1 Å². The van der Waals surface area contributed by atoms with Gasteiger partial charge in [0.1, 0.15) is 11.7 Å². The van der Waals surface area contributed by atoms with Crippen LogP contribution in [0.3, 0.4) is 0 Å². The zero-order chi connectivity index (χ0) is 19.0. The first-order chi connectivity index (χ1) is 13.0. The molecule has 4 aromatic rings. The molecule has 0 radical (unpaired) electrons. The van der Waals surface area contributed by atoms with E-state index in [4.69, 9.17) is 5.11 Å². The number of aliphatic carboxylic acids is 1. The van der Waals surface area contributed by atoms with Crippen LogP contribution in [0.2, 0.25) is 0 Å². The SMILES string of the molecule is C[C@H](NC(=O)c1cc2c([nH]c3ccccc32)c(-c2ccccc2)n1)C(=O)O. The Kier molecular flexibility index (Phi) is 4.08. The van der Waals surface area contributed by atoms with E-state index in [9.17, 15) is 9.59 Å². The van der Waals surface area contributed by atoms with Crippen LogP contribution in [0.25, 0.3) is 33.1 Å². The number of aromatic amines is 1. The highest BCUT2D eigenvalue weighted by Gasteiger charge is 2.20. The standard InChI is InChI=1S/C21H17N3O3/c1-12(21(26)27)22-20(25)17-11-15-14-9-5-6-10-16(14)23-19(15)18(24-17)13-7-3-2-4-8-13/h2-12,23H,1H3,(H,22,25)(H,26,27)/t12-/m0/s1. The van der Waals surface area contributed by atoms with Crippen LogP contribution in [0.1, 0.15) is 17.4 Å². The minimum absolute atomic E-state index is 0.180. The average Bonchev–Trinajstić information content (AvgIpc) is 3.06. The van der Waals surface area contributed by atoms with Crippen LogP contribution >= 0.6 is 0 Å². The number of hydrogen-bond donors (Lipinski definition) is 3. The van der Waals surface area contributed by atoms with Gasteiger partial charge in [-0.2, -0.15) is 0 Å². The van der Waals surface area contributed by atoms with Crippen molar-refractivity contribution < 1.29 is 14.7 Å². The zero-order valence-corrected chi connectivity index (χ0v) is 14.6. The Morgan fingerprint density at radius 1 is 1.04 bits per heavy atom. The van der Waals surface area contributed by atoms with Crippen LogP contribution in [0.5, 0.6) is 0 Å². The first kappa shape index (κ1) is 16.8. The normalized spacial score (nSPS) is 12.2. The van der Waals surface area contributed by atoms with Gasteiger partial charge in [0.15, 0.2) is 0 Å². The van der Waals surface area contributed by atoms with Crippen molar-refractivity contribution in [2.24, 2.45) is 0 Å². The van der Waals surface area contributed by atoms with Crippen LogP contribution in [-0.2, 0) is 4.79 Å². The van der Waals surface area contributed by atoms with Gasteiger partial charge in [-0.1, -0.05) is 48.5 Å². The van der Waals surface area contributed by atoms with Crippen molar-refractivity contribution in [2.75, 3.05) is 0 Å². The number of carbonyl (C=O) groups excluding carboxylic acids is 1. The molecule has 27 heavy (non-hydrogen) atoms. The quantitative estimate of drug-likeness (QED) is 0.519. The largest absolute Gasteiger partial charge is 0.480 e. The minimum Gasteiger partial charge on any atom is -0.480 e. The molecule has 4 rings (SSSR count). The number of benzene rings is 2. The number of aromatic nitrogens is 2. The van der Waals surface area contributed by atoms with Gasteiger partial charge in [0.25, 0.3) is 5.91 Å². The van der Waals surface area contributed by atoms with Crippen molar-refractivity contribution in [1.82, 2.24) is 15.3 Å². The third kappa shape index (κ3) is 3.01. The molecule has 1 atom stereocenters. The van der Waals surface area contributed by atoms with Gasteiger partial charge < -0.3 is 15.4 Å². The number of H-pyrrole nitrogens is 1. The maximum absolute atomic E-state index is 12.6. The fourth-order valence-electron chi connectivity index (χ4n) is 3.10. The molecule has 6 nitrogen and oxygen atoms in total. The lowest BCUT2D eigenvalue weighted by Crippen LogP contribution is -2.38. The van der Waals surface area contributed by atoms with Gasteiger partial charge in [0, 0.05) is 21.9 Å². The molecular weight excluding hydrogens is 342 g/mol.